The zero-order valence-electron chi connectivity index (χ0n) is 9.84. The van der Waals surface area contributed by atoms with Crippen molar-refractivity contribution in [3.63, 3.8) is 0 Å². The predicted octanol–water partition coefficient (Wildman–Crippen LogP) is 2.73. The van der Waals surface area contributed by atoms with E-state index in [1.165, 1.54) is 18.4 Å². The molecule has 1 aliphatic heterocycles. The minimum Gasteiger partial charge on any atom is -0.465 e. The summed E-state index contributed by atoms with van der Waals surface area (Å²) in [7, 11) is 1.39. The largest absolute Gasteiger partial charge is 0.465 e. The molecular formula is C13H12O4S. The van der Waals surface area contributed by atoms with Crippen molar-refractivity contribution in [2.75, 3.05) is 20.3 Å². The first kappa shape index (κ1) is 11.6. The number of benzene rings is 1. The molecule has 0 bridgehead atoms. The Labute approximate surface area is 108 Å². The fourth-order valence-corrected chi connectivity index (χ4v) is 3.04. The Balaban J connectivity index is 2.09. The molecule has 0 saturated carbocycles. The smallest absolute Gasteiger partial charge is 0.348 e. The third-order valence-electron chi connectivity index (χ3n) is 2.86. The summed E-state index contributed by atoms with van der Waals surface area (Å²) in [6.07, 6.45) is -0.325. The minimum atomic E-state index is -0.325. The number of carbonyl (C=O) groups excluding carboxylic acids is 1. The van der Waals surface area contributed by atoms with E-state index in [2.05, 4.69) is 0 Å². The van der Waals surface area contributed by atoms with Crippen LogP contribution < -0.4 is 0 Å². The Morgan fingerprint density at radius 3 is 2.89 bits per heavy atom. The average Bonchev–Trinajstić information content (AvgIpc) is 3.05. The maximum atomic E-state index is 11.5. The Morgan fingerprint density at radius 2 is 2.17 bits per heavy atom. The summed E-state index contributed by atoms with van der Waals surface area (Å²) in [6.45, 7) is 1.21. The Kier molecular flexibility index (Phi) is 3.03. The molecule has 0 unspecified atom stereocenters. The Morgan fingerprint density at radius 1 is 1.39 bits per heavy atom. The van der Waals surface area contributed by atoms with Gasteiger partial charge in [-0.1, -0.05) is 12.1 Å². The molecule has 2 heterocycles. The minimum absolute atomic E-state index is 0.310. The van der Waals surface area contributed by atoms with Gasteiger partial charge in [-0.25, -0.2) is 4.79 Å². The first-order chi connectivity index (χ1) is 8.79. The topological polar surface area (TPSA) is 44.8 Å². The van der Waals surface area contributed by atoms with E-state index < -0.39 is 0 Å². The molecule has 1 aliphatic rings. The highest BCUT2D eigenvalue weighted by molar-refractivity contribution is 7.20. The quantitative estimate of drug-likeness (QED) is 0.782. The van der Waals surface area contributed by atoms with Gasteiger partial charge in [-0.3, -0.25) is 0 Å². The molecule has 94 valence electrons. The van der Waals surface area contributed by atoms with Crippen LogP contribution >= 0.6 is 11.3 Å². The summed E-state index contributed by atoms with van der Waals surface area (Å²) >= 11 is 1.42. The summed E-state index contributed by atoms with van der Waals surface area (Å²) in [4.78, 5) is 12.1. The molecule has 0 spiro atoms. The van der Waals surface area contributed by atoms with Gasteiger partial charge in [-0.05, 0) is 12.1 Å². The molecule has 0 atom stereocenters. The zero-order valence-corrected chi connectivity index (χ0v) is 10.7. The highest BCUT2D eigenvalue weighted by Crippen LogP contribution is 2.34. The lowest BCUT2D eigenvalue weighted by atomic mass is 10.1. The number of carbonyl (C=O) groups is 1. The Bertz CT molecular complexity index is 584. The van der Waals surface area contributed by atoms with Crippen LogP contribution in [0.5, 0.6) is 0 Å². The van der Waals surface area contributed by atoms with E-state index in [4.69, 9.17) is 14.2 Å². The fourth-order valence-electron chi connectivity index (χ4n) is 2.03. The normalized spacial score (nSPS) is 16.3. The van der Waals surface area contributed by atoms with E-state index in [1.54, 1.807) is 0 Å². The highest BCUT2D eigenvalue weighted by Gasteiger charge is 2.22. The Hall–Kier alpha value is -1.43. The van der Waals surface area contributed by atoms with E-state index in [-0.39, 0.29) is 12.3 Å². The van der Waals surface area contributed by atoms with E-state index in [9.17, 15) is 4.79 Å². The number of hydrogen-bond acceptors (Lipinski definition) is 5. The SMILES string of the molecule is COC(=O)c1cc2c(C3OCCO3)cccc2s1. The zero-order chi connectivity index (χ0) is 12.5. The van der Waals surface area contributed by atoms with Crippen LogP contribution in [0.25, 0.3) is 10.1 Å². The highest BCUT2D eigenvalue weighted by atomic mass is 32.1. The van der Waals surface area contributed by atoms with Gasteiger partial charge < -0.3 is 14.2 Å². The second kappa shape index (κ2) is 4.68. The van der Waals surface area contributed by atoms with Crippen molar-refractivity contribution in [1.82, 2.24) is 0 Å². The lowest BCUT2D eigenvalue weighted by Gasteiger charge is -2.10. The molecule has 1 saturated heterocycles. The predicted molar refractivity (Wildman–Crippen MR) is 67.8 cm³/mol. The number of methoxy groups -OCH3 is 1. The van der Waals surface area contributed by atoms with Crippen molar-refractivity contribution < 1.29 is 19.0 Å². The summed E-state index contributed by atoms with van der Waals surface area (Å²) in [5.41, 5.74) is 0.969. The monoisotopic (exact) mass is 264 g/mol. The van der Waals surface area contributed by atoms with Crippen LogP contribution in [0.3, 0.4) is 0 Å². The number of hydrogen-bond donors (Lipinski definition) is 0. The molecule has 4 nitrogen and oxygen atoms in total. The van der Waals surface area contributed by atoms with Gasteiger partial charge in [-0.15, -0.1) is 11.3 Å². The number of esters is 1. The van der Waals surface area contributed by atoms with Crippen molar-refractivity contribution in [1.29, 1.82) is 0 Å². The van der Waals surface area contributed by atoms with E-state index in [0.717, 1.165) is 15.6 Å². The molecule has 1 aromatic carbocycles. The van der Waals surface area contributed by atoms with Gasteiger partial charge in [0.2, 0.25) is 0 Å². The van der Waals surface area contributed by atoms with Gasteiger partial charge in [0.05, 0.1) is 20.3 Å². The molecule has 3 rings (SSSR count). The van der Waals surface area contributed by atoms with Crippen LogP contribution in [0.1, 0.15) is 21.5 Å². The third-order valence-corrected chi connectivity index (χ3v) is 3.94. The molecule has 1 fully saturated rings. The molecule has 0 radical (unpaired) electrons. The molecule has 1 aromatic heterocycles. The lowest BCUT2D eigenvalue weighted by Crippen LogP contribution is -1.98. The maximum Gasteiger partial charge on any atom is 0.348 e. The van der Waals surface area contributed by atoms with Crippen LogP contribution in [-0.2, 0) is 14.2 Å². The van der Waals surface area contributed by atoms with E-state index in [0.29, 0.717) is 18.1 Å². The molecule has 5 heteroatoms. The van der Waals surface area contributed by atoms with E-state index in [1.807, 2.05) is 24.3 Å². The number of ether oxygens (including phenoxy) is 3. The van der Waals surface area contributed by atoms with Crippen molar-refractivity contribution in [3.8, 4) is 0 Å². The average molecular weight is 264 g/mol. The molecule has 2 aromatic rings. The lowest BCUT2D eigenvalue weighted by molar-refractivity contribution is -0.0429. The van der Waals surface area contributed by atoms with Crippen LogP contribution in [0.2, 0.25) is 0 Å². The number of rotatable bonds is 2. The summed E-state index contributed by atoms with van der Waals surface area (Å²) in [5, 5.41) is 0.995. The second-order valence-corrected chi connectivity index (χ2v) is 5.02. The maximum absolute atomic E-state index is 11.5. The summed E-state index contributed by atoms with van der Waals surface area (Å²) in [6, 6.07) is 7.73. The van der Waals surface area contributed by atoms with Crippen LogP contribution in [0, 0.1) is 0 Å². The van der Waals surface area contributed by atoms with Crippen LogP contribution in [0.15, 0.2) is 24.3 Å². The van der Waals surface area contributed by atoms with Gasteiger partial charge >= 0.3 is 5.97 Å². The van der Waals surface area contributed by atoms with Crippen LogP contribution in [0.4, 0.5) is 0 Å². The van der Waals surface area contributed by atoms with Crippen molar-refractivity contribution in [3.05, 3.63) is 34.7 Å². The van der Waals surface area contributed by atoms with Gasteiger partial charge in [0.25, 0.3) is 0 Å². The fraction of sp³-hybridized carbons (Fsp3) is 0.308. The molecule has 18 heavy (non-hydrogen) atoms. The first-order valence-corrected chi connectivity index (χ1v) is 6.45. The molecular weight excluding hydrogens is 252 g/mol. The molecule has 0 N–H and O–H groups in total. The van der Waals surface area contributed by atoms with Crippen molar-refractivity contribution in [2.45, 2.75) is 6.29 Å². The third kappa shape index (κ3) is 1.90. The van der Waals surface area contributed by atoms with Gasteiger partial charge in [0.1, 0.15) is 4.88 Å². The van der Waals surface area contributed by atoms with Crippen molar-refractivity contribution >= 4 is 27.4 Å². The van der Waals surface area contributed by atoms with Gasteiger partial charge in [0, 0.05) is 15.6 Å². The first-order valence-electron chi connectivity index (χ1n) is 5.63. The van der Waals surface area contributed by atoms with E-state index >= 15 is 0 Å². The number of fused-ring (bicyclic) bond motifs is 1. The summed E-state index contributed by atoms with van der Waals surface area (Å²) in [5.74, 6) is -0.310. The van der Waals surface area contributed by atoms with Crippen LogP contribution in [-0.4, -0.2) is 26.3 Å². The molecule has 0 aliphatic carbocycles. The van der Waals surface area contributed by atoms with Gasteiger partial charge in [0.15, 0.2) is 6.29 Å². The van der Waals surface area contributed by atoms with Gasteiger partial charge in [-0.2, -0.15) is 0 Å². The summed E-state index contributed by atoms with van der Waals surface area (Å²) < 4.78 is 16.8. The molecule has 0 amide bonds. The second-order valence-electron chi connectivity index (χ2n) is 3.93. The number of thiophene rings is 1. The standard InChI is InChI=1S/C13H12O4S/c1-15-12(14)11-7-9-8(13-16-5-6-17-13)3-2-4-10(9)18-11/h2-4,7,13H,5-6H2,1H3. The van der Waals surface area contributed by atoms with Crippen molar-refractivity contribution in [2.24, 2.45) is 0 Å².